The molecular weight excluding hydrogens is 379 g/mol. The number of halogens is 3. The summed E-state index contributed by atoms with van der Waals surface area (Å²) in [5, 5.41) is 2.51. The van der Waals surface area contributed by atoms with Gasteiger partial charge in [0, 0.05) is 0 Å². The van der Waals surface area contributed by atoms with E-state index in [1.54, 1.807) is 24.3 Å². The SMILES string of the molecule is O=c1c2ccccc2nc(C(Cl)(Cl)Cl)n1-c1ccc2ccccc2c1. The van der Waals surface area contributed by atoms with E-state index in [-0.39, 0.29) is 11.4 Å². The van der Waals surface area contributed by atoms with Crippen LogP contribution in [0.5, 0.6) is 0 Å². The highest BCUT2D eigenvalue weighted by atomic mass is 35.6. The van der Waals surface area contributed by atoms with Crippen molar-refractivity contribution in [2.45, 2.75) is 3.79 Å². The standard InChI is InChI=1S/C19H11Cl3N2O/c20-19(21,22)18-23-16-8-4-3-7-15(16)17(25)24(18)14-10-9-12-5-1-2-6-13(12)11-14/h1-11H. The summed E-state index contributed by atoms with van der Waals surface area (Å²) in [5.74, 6) is 0.0662. The molecule has 6 heteroatoms. The zero-order valence-corrected chi connectivity index (χ0v) is 15.1. The number of aromatic nitrogens is 2. The molecule has 0 saturated heterocycles. The highest BCUT2D eigenvalue weighted by Crippen LogP contribution is 2.38. The van der Waals surface area contributed by atoms with Crippen LogP contribution in [-0.2, 0) is 3.79 Å². The average Bonchev–Trinajstić information content (AvgIpc) is 2.60. The molecule has 3 nitrogen and oxygen atoms in total. The fraction of sp³-hybridized carbons (Fsp3) is 0.0526. The minimum Gasteiger partial charge on any atom is -0.268 e. The molecule has 0 spiro atoms. The summed E-state index contributed by atoms with van der Waals surface area (Å²) in [5.41, 5.74) is 0.816. The van der Waals surface area contributed by atoms with Crippen molar-refractivity contribution in [3.05, 3.63) is 82.9 Å². The van der Waals surface area contributed by atoms with Crippen LogP contribution in [-0.4, -0.2) is 9.55 Å². The van der Waals surface area contributed by atoms with Gasteiger partial charge in [0.25, 0.3) is 5.56 Å². The molecule has 0 N–H and O–H groups in total. The van der Waals surface area contributed by atoms with Crippen molar-refractivity contribution < 1.29 is 0 Å². The molecule has 0 aliphatic rings. The fourth-order valence-electron chi connectivity index (χ4n) is 2.88. The molecule has 0 fully saturated rings. The van der Waals surface area contributed by atoms with Gasteiger partial charge >= 0.3 is 0 Å². The number of fused-ring (bicyclic) bond motifs is 2. The van der Waals surface area contributed by atoms with Gasteiger partial charge in [0.15, 0.2) is 5.82 Å². The van der Waals surface area contributed by atoms with Crippen LogP contribution in [0.15, 0.2) is 71.5 Å². The number of hydrogen-bond donors (Lipinski definition) is 0. The van der Waals surface area contributed by atoms with Crippen LogP contribution < -0.4 is 5.56 Å². The van der Waals surface area contributed by atoms with E-state index >= 15 is 0 Å². The highest BCUT2D eigenvalue weighted by molar-refractivity contribution is 6.66. The Hall–Kier alpha value is -2.07. The van der Waals surface area contributed by atoms with Gasteiger partial charge in [0.2, 0.25) is 3.79 Å². The molecule has 0 aliphatic carbocycles. The van der Waals surface area contributed by atoms with Gasteiger partial charge in [-0.25, -0.2) is 4.98 Å². The molecular formula is C19H11Cl3N2O. The van der Waals surface area contributed by atoms with E-state index in [2.05, 4.69) is 4.98 Å². The summed E-state index contributed by atoms with van der Waals surface area (Å²) in [4.78, 5) is 17.5. The zero-order chi connectivity index (χ0) is 17.6. The Balaban J connectivity index is 2.11. The predicted octanol–water partition coefficient (Wildman–Crippen LogP) is 5.37. The first-order valence-electron chi connectivity index (χ1n) is 7.53. The molecule has 0 radical (unpaired) electrons. The third-order valence-corrected chi connectivity index (χ3v) is 4.53. The second-order valence-corrected chi connectivity index (χ2v) is 7.90. The molecule has 1 heterocycles. The maximum atomic E-state index is 13.1. The molecule has 0 saturated carbocycles. The van der Waals surface area contributed by atoms with Gasteiger partial charge in [-0.15, -0.1) is 0 Å². The largest absolute Gasteiger partial charge is 0.268 e. The van der Waals surface area contributed by atoms with E-state index in [9.17, 15) is 4.79 Å². The van der Waals surface area contributed by atoms with E-state index in [0.717, 1.165) is 10.8 Å². The van der Waals surface area contributed by atoms with Crippen molar-refractivity contribution in [3.63, 3.8) is 0 Å². The molecule has 0 atom stereocenters. The Labute approximate surface area is 158 Å². The third-order valence-electron chi connectivity index (χ3n) is 4.02. The zero-order valence-electron chi connectivity index (χ0n) is 12.8. The third kappa shape index (κ3) is 2.89. The highest BCUT2D eigenvalue weighted by Gasteiger charge is 2.30. The summed E-state index contributed by atoms with van der Waals surface area (Å²) in [6.45, 7) is 0. The summed E-state index contributed by atoms with van der Waals surface area (Å²) in [7, 11) is 0. The van der Waals surface area contributed by atoms with E-state index in [4.69, 9.17) is 34.8 Å². The van der Waals surface area contributed by atoms with Crippen LogP contribution in [0.2, 0.25) is 0 Å². The van der Waals surface area contributed by atoms with Gasteiger partial charge in [-0.1, -0.05) is 77.3 Å². The van der Waals surface area contributed by atoms with E-state index in [1.165, 1.54) is 4.57 Å². The normalized spacial score (nSPS) is 12.0. The van der Waals surface area contributed by atoms with E-state index in [1.807, 2.05) is 42.5 Å². The van der Waals surface area contributed by atoms with Crippen LogP contribution >= 0.6 is 34.8 Å². The van der Waals surface area contributed by atoms with Gasteiger partial charge in [-0.3, -0.25) is 9.36 Å². The van der Waals surface area contributed by atoms with Gasteiger partial charge in [0.1, 0.15) is 0 Å². The number of alkyl halides is 3. The van der Waals surface area contributed by atoms with E-state index < -0.39 is 3.79 Å². The molecule has 0 amide bonds. The average molecular weight is 390 g/mol. The van der Waals surface area contributed by atoms with Crippen molar-refractivity contribution >= 4 is 56.5 Å². The summed E-state index contributed by atoms with van der Waals surface area (Å²) >= 11 is 18.3. The van der Waals surface area contributed by atoms with Gasteiger partial charge < -0.3 is 0 Å². The number of nitrogens with zero attached hydrogens (tertiary/aromatic N) is 2. The van der Waals surface area contributed by atoms with Crippen molar-refractivity contribution in [2.75, 3.05) is 0 Å². The minimum absolute atomic E-state index is 0.0662. The number of para-hydroxylation sites is 1. The molecule has 4 rings (SSSR count). The smallest absolute Gasteiger partial charge is 0.266 e. The Morgan fingerprint density at radius 3 is 2.28 bits per heavy atom. The number of benzene rings is 3. The van der Waals surface area contributed by atoms with E-state index in [0.29, 0.717) is 16.6 Å². The van der Waals surface area contributed by atoms with Crippen molar-refractivity contribution in [3.8, 4) is 5.69 Å². The molecule has 0 bridgehead atoms. The number of rotatable bonds is 1. The maximum Gasteiger partial charge on any atom is 0.266 e. The van der Waals surface area contributed by atoms with Crippen LogP contribution in [0.1, 0.15) is 5.82 Å². The summed E-state index contributed by atoms with van der Waals surface area (Å²) < 4.78 is -0.476. The molecule has 1 aromatic heterocycles. The Kier molecular flexibility index (Phi) is 3.95. The lowest BCUT2D eigenvalue weighted by atomic mass is 10.1. The second-order valence-electron chi connectivity index (χ2n) is 5.62. The monoisotopic (exact) mass is 388 g/mol. The van der Waals surface area contributed by atoms with Crippen LogP contribution in [0.4, 0.5) is 0 Å². The molecule has 124 valence electrons. The van der Waals surface area contributed by atoms with Crippen molar-refractivity contribution in [1.82, 2.24) is 9.55 Å². The van der Waals surface area contributed by atoms with Gasteiger partial charge in [-0.05, 0) is 35.0 Å². The summed E-state index contributed by atoms with van der Waals surface area (Å²) in [6, 6.07) is 20.5. The Morgan fingerprint density at radius 1 is 0.840 bits per heavy atom. The Morgan fingerprint density at radius 2 is 1.52 bits per heavy atom. The topological polar surface area (TPSA) is 34.9 Å². The molecule has 0 aliphatic heterocycles. The predicted molar refractivity (Wildman–Crippen MR) is 104 cm³/mol. The second kappa shape index (κ2) is 6.03. The lowest BCUT2D eigenvalue weighted by molar-refractivity contribution is 0.848. The van der Waals surface area contributed by atoms with Crippen LogP contribution in [0.25, 0.3) is 27.4 Å². The molecule has 25 heavy (non-hydrogen) atoms. The fourth-order valence-corrected chi connectivity index (χ4v) is 3.26. The van der Waals surface area contributed by atoms with Gasteiger partial charge in [0.05, 0.1) is 16.6 Å². The molecule has 4 aromatic rings. The quantitative estimate of drug-likeness (QED) is 0.410. The Bertz CT molecular complexity index is 1160. The van der Waals surface area contributed by atoms with Crippen LogP contribution in [0, 0.1) is 0 Å². The lowest BCUT2D eigenvalue weighted by Crippen LogP contribution is -2.27. The number of hydrogen-bond acceptors (Lipinski definition) is 2. The lowest BCUT2D eigenvalue weighted by Gasteiger charge is -2.18. The maximum absolute atomic E-state index is 13.1. The molecule has 3 aromatic carbocycles. The molecule has 0 unspecified atom stereocenters. The van der Waals surface area contributed by atoms with Crippen LogP contribution in [0.3, 0.4) is 0 Å². The first kappa shape index (κ1) is 16.4. The summed E-state index contributed by atoms with van der Waals surface area (Å²) in [6.07, 6.45) is 0. The van der Waals surface area contributed by atoms with Crippen molar-refractivity contribution in [2.24, 2.45) is 0 Å². The van der Waals surface area contributed by atoms with Crippen molar-refractivity contribution in [1.29, 1.82) is 0 Å². The first-order chi connectivity index (χ1) is 11.9. The minimum atomic E-state index is -1.84. The van der Waals surface area contributed by atoms with Gasteiger partial charge in [-0.2, -0.15) is 0 Å². The first-order valence-corrected chi connectivity index (χ1v) is 8.67.